The summed E-state index contributed by atoms with van der Waals surface area (Å²) in [7, 11) is 0. The fourth-order valence-corrected chi connectivity index (χ4v) is 5.16. The summed E-state index contributed by atoms with van der Waals surface area (Å²) >= 11 is 5.78. The topological polar surface area (TPSA) is 0 Å². The van der Waals surface area contributed by atoms with Crippen molar-refractivity contribution in [1.29, 1.82) is 0 Å². The van der Waals surface area contributed by atoms with Gasteiger partial charge in [-0.15, -0.1) is 0 Å². The molecule has 0 nitrogen and oxygen atoms in total. The van der Waals surface area contributed by atoms with Gasteiger partial charge in [-0.25, -0.2) is 0 Å². The Labute approximate surface area is 88.0 Å². The van der Waals surface area contributed by atoms with Crippen LogP contribution >= 0.6 is 27.7 Å². The van der Waals surface area contributed by atoms with E-state index in [1.165, 1.54) is 29.7 Å². The molecule has 2 heteroatoms. The van der Waals surface area contributed by atoms with Gasteiger partial charge in [0.15, 0.2) is 0 Å². The SMILES string of the molecule is CC1(C)CSCC2(CC2CBr)C1. The number of hydrogen-bond donors (Lipinski definition) is 0. The zero-order valence-electron chi connectivity index (χ0n) is 7.90. The van der Waals surface area contributed by atoms with Crippen LogP contribution in [0.4, 0.5) is 0 Å². The fourth-order valence-electron chi connectivity index (χ4n) is 2.63. The van der Waals surface area contributed by atoms with E-state index in [-0.39, 0.29) is 0 Å². The van der Waals surface area contributed by atoms with Gasteiger partial charge in [-0.1, -0.05) is 29.8 Å². The monoisotopic (exact) mass is 248 g/mol. The smallest absolute Gasteiger partial charge is 0.00654 e. The third-order valence-electron chi connectivity index (χ3n) is 3.26. The lowest BCUT2D eigenvalue weighted by atomic mass is 9.82. The van der Waals surface area contributed by atoms with E-state index in [0.29, 0.717) is 5.41 Å². The maximum Gasteiger partial charge on any atom is 0.00654 e. The average Bonchev–Trinajstić information content (AvgIpc) is 2.60. The Hall–Kier alpha value is 0.830. The second-order valence-corrected chi connectivity index (χ2v) is 6.88. The van der Waals surface area contributed by atoms with E-state index >= 15 is 0 Å². The molecule has 2 rings (SSSR count). The molecule has 2 fully saturated rings. The van der Waals surface area contributed by atoms with Crippen LogP contribution in [0.15, 0.2) is 0 Å². The first-order valence-electron chi connectivity index (χ1n) is 4.72. The van der Waals surface area contributed by atoms with Crippen molar-refractivity contribution in [2.75, 3.05) is 16.8 Å². The van der Waals surface area contributed by atoms with Crippen LogP contribution in [0.3, 0.4) is 0 Å². The Morgan fingerprint density at radius 1 is 1.42 bits per heavy atom. The molecule has 2 aliphatic rings. The van der Waals surface area contributed by atoms with Crippen molar-refractivity contribution in [3.8, 4) is 0 Å². The van der Waals surface area contributed by atoms with Gasteiger partial charge in [-0.2, -0.15) is 11.8 Å². The van der Waals surface area contributed by atoms with Gasteiger partial charge in [-0.05, 0) is 41.1 Å². The second-order valence-electron chi connectivity index (χ2n) is 5.25. The third-order valence-corrected chi connectivity index (χ3v) is 5.80. The van der Waals surface area contributed by atoms with Crippen molar-refractivity contribution in [3.05, 3.63) is 0 Å². The van der Waals surface area contributed by atoms with Gasteiger partial charge in [0.2, 0.25) is 0 Å². The van der Waals surface area contributed by atoms with E-state index in [1.807, 2.05) is 0 Å². The molecule has 0 aromatic heterocycles. The largest absolute Gasteiger partial charge is 0.161 e. The minimum Gasteiger partial charge on any atom is -0.161 e. The molecular formula is C10H17BrS. The summed E-state index contributed by atoms with van der Waals surface area (Å²) in [4.78, 5) is 0. The molecule has 1 saturated carbocycles. The summed E-state index contributed by atoms with van der Waals surface area (Å²) in [6.45, 7) is 4.84. The highest BCUT2D eigenvalue weighted by atomic mass is 79.9. The van der Waals surface area contributed by atoms with Gasteiger partial charge in [0, 0.05) is 5.33 Å². The van der Waals surface area contributed by atoms with Crippen molar-refractivity contribution in [3.63, 3.8) is 0 Å². The van der Waals surface area contributed by atoms with Crippen molar-refractivity contribution < 1.29 is 0 Å². The van der Waals surface area contributed by atoms with Crippen LogP contribution in [0.5, 0.6) is 0 Å². The predicted molar refractivity (Wildman–Crippen MR) is 60.1 cm³/mol. The summed E-state index contributed by atoms with van der Waals surface area (Å²) in [6, 6.07) is 0. The van der Waals surface area contributed by atoms with Crippen LogP contribution in [0, 0.1) is 16.7 Å². The molecule has 0 aromatic carbocycles. The normalized spacial score (nSPS) is 44.8. The second kappa shape index (κ2) is 2.91. The van der Waals surface area contributed by atoms with Crippen LogP contribution in [-0.2, 0) is 0 Å². The van der Waals surface area contributed by atoms with Crippen LogP contribution in [-0.4, -0.2) is 16.8 Å². The van der Waals surface area contributed by atoms with E-state index in [4.69, 9.17) is 0 Å². The number of thioether (sulfide) groups is 1. The molecule has 0 radical (unpaired) electrons. The average molecular weight is 249 g/mol. The molecule has 0 N–H and O–H groups in total. The third kappa shape index (κ3) is 1.57. The number of halogens is 1. The highest BCUT2D eigenvalue weighted by molar-refractivity contribution is 9.09. The predicted octanol–water partition coefficient (Wildman–Crippen LogP) is 3.55. The van der Waals surface area contributed by atoms with Crippen LogP contribution in [0.25, 0.3) is 0 Å². The van der Waals surface area contributed by atoms with Gasteiger partial charge in [0.1, 0.15) is 0 Å². The Bertz CT molecular complexity index is 190. The van der Waals surface area contributed by atoms with E-state index in [9.17, 15) is 0 Å². The summed E-state index contributed by atoms with van der Waals surface area (Å²) in [5, 5.41) is 1.23. The Balaban J connectivity index is 2.01. The Kier molecular flexibility index (Phi) is 2.28. The first-order chi connectivity index (χ1) is 5.58. The maximum absolute atomic E-state index is 3.62. The molecule has 0 aromatic rings. The summed E-state index contributed by atoms with van der Waals surface area (Å²) in [6.07, 6.45) is 2.94. The van der Waals surface area contributed by atoms with Gasteiger partial charge >= 0.3 is 0 Å². The molecule has 12 heavy (non-hydrogen) atoms. The van der Waals surface area contributed by atoms with Crippen molar-refractivity contribution in [2.24, 2.45) is 16.7 Å². The lowest BCUT2D eigenvalue weighted by Crippen LogP contribution is -2.29. The van der Waals surface area contributed by atoms with Gasteiger partial charge in [0.05, 0.1) is 0 Å². The molecule has 1 aliphatic carbocycles. The Morgan fingerprint density at radius 3 is 2.67 bits per heavy atom. The zero-order chi connectivity index (χ0) is 8.82. The van der Waals surface area contributed by atoms with E-state index in [2.05, 4.69) is 41.5 Å². The lowest BCUT2D eigenvalue weighted by Gasteiger charge is -2.35. The number of alkyl halides is 1. The zero-order valence-corrected chi connectivity index (χ0v) is 10.3. The van der Waals surface area contributed by atoms with Crippen LogP contribution in [0.1, 0.15) is 26.7 Å². The lowest BCUT2D eigenvalue weighted by molar-refractivity contribution is 0.278. The highest BCUT2D eigenvalue weighted by Gasteiger charge is 2.56. The van der Waals surface area contributed by atoms with Crippen molar-refractivity contribution >= 4 is 27.7 Å². The van der Waals surface area contributed by atoms with E-state index in [0.717, 1.165) is 11.3 Å². The van der Waals surface area contributed by atoms with E-state index in [1.54, 1.807) is 0 Å². The maximum atomic E-state index is 3.62. The van der Waals surface area contributed by atoms with Gasteiger partial charge in [0.25, 0.3) is 0 Å². The molecule has 0 amide bonds. The van der Waals surface area contributed by atoms with Crippen molar-refractivity contribution in [1.82, 2.24) is 0 Å². The summed E-state index contributed by atoms with van der Waals surface area (Å²) in [5.41, 5.74) is 1.34. The van der Waals surface area contributed by atoms with E-state index < -0.39 is 0 Å². The molecule has 70 valence electrons. The van der Waals surface area contributed by atoms with Crippen LogP contribution < -0.4 is 0 Å². The first-order valence-corrected chi connectivity index (χ1v) is 6.99. The van der Waals surface area contributed by atoms with Crippen molar-refractivity contribution in [2.45, 2.75) is 26.7 Å². The minimum absolute atomic E-state index is 0.597. The summed E-state index contributed by atoms with van der Waals surface area (Å²) < 4.78 is 0. The molecule has 2 unspecified atom stereocenters. The molecule has 0 bridgehead atoms. The number of hydrogen-bond acceptors (Lipinski definition) is 1. The molecule has 2 atom stereocenters. The molecule has 1 heterocycles. The Morgan fingerprint density at radius 2 is 2.17 bits per heavy atom. The molecule has 1 saturated heterocycles. The first kappa shape index (κ1) is 9.39. The molecular weight excluding hydrogens is 232 g/mol. The van der Waals surface area contributed by atoms with Gasteiger partial charge < -0.3 is 0 Å². The molecule has 1 spiro atoms. The minimum atomic E-state index is 0.597. The highest BCUT2D eigenvalue weighted by Crippen LogP contribution is 2.63. The number of rotatable bonds is 1. The van der Waals surface area contributed by atoms with Crippen LogP contribution in [0.2, 0.25) is 0 Å². The molecule has 1 aliphatic heterocycles. The van der Waals surface area contributed by atoms with Gasteiger partial charge in [-0.3, -0.25) is 0 Å². The summed E-state index contributed by atoms with van der Waals surface area (Å²) in [5.74, 6) is 3.78. The fraction of sp³-hybridized carbons (Fsp3) is 1.00. The standard InChI is InChI=1S/C10H17BrS/c1-9(2)5-10(7-12-6-9)3-8(10)4-11/h8H,3-7H2,1-2H3. The quantitative estimate of drug-likeness (QED) is 0.640.